The first-order chi connectivity index (χ1) is 31.9. The normalized spacial score (nSPS) is 14.2. The number of carbonyl (C=O) groups is 2. The molecular formula is C56H106N2O7P+. The molecule has 0 spiro atoms. The summed E-state index contributed by atoms with van der Waals surface area (Å²) in [5.41, 5.74) is 0. The molecule has 0 saturated heterocycles. The van der Waals surface area contributed by atoms with Gasteiger partial charge in [-0.25, -0.2) is 4.57 Å². The number of unbranched alkanes of at least 4 members (excludes halogenated alkanes) is 27. The standard InChI is InChI=1S/C56H105N2O7P/c1-7-10-13-16-19-22-25-28-30-33-36-39-42-45-48-55(59)57-53(52-64-66(61,62)63-51-50-58(4,5)6)54(47-44-41-38-35-32-27-24-21-18-15-12-9-3)65-56(60)49-46-43-40-37-34-31-29-26-23-20-17-14-11-8-2/h10,13,19,22,28,30,44,47,53-54H,7-9,11-12,14-18,20-21,23-27,29,31-43,45-46,48-52H2,1-6H3,(H-,57,59,61,62)/p+1/b13-10+,22-19+,30-28+,47-44+. The molecule has 0 aromatic heterocycles. The molecule has 10 heteroatoms. The van der Waals surface area contributed by atoms with Crippen LogP contribution in [0.5, 0.6) is 0 Å². The zero-order valence-electron chi connectivity index (χ0n) is 43.9. The predicted molar refractivity (Wildman–Crippen MR) is 282 cm³/mol. The van der Waals surface area contributed by atoms with Crippen molar-refractivity contribution in [2.45, 2.75) is 258 Å². The maximum Gasteiger partial charge on any atom is 0.472 e. The van der Waals surface area contributed by atoms with Crippen LogP contribution in [0.4, 0.5) is 0 Å². The molecule has 0 fully saturated rings. The van der Waals surface area contributed by atoms with E-state index in [0.29, 0.717) is 17.4 Å². The van der Waals surface area contributed by atoms with E-state index in [9.17, 15) is 19.0 Å². The lowest BCUT2D eigenvalue weighted by Gasteiger charge is -2.27. The average Bonchev–Trinajstić information content (AvgIpc) is 3.27. The first-order valence-electron chi connectivity index (χ1n) is 27.5. The third kappa shape index (κ3) is 47.1. The Bertz CT molecular complexity index is 1280. The Morgan fingerprint density at radius 2 is 0.970 bits per heavy atom. The van der Waals surface area contributed by atoms with E-state index in [1.807, 2.05) is 33.3 Å². The van der Waals surface area contributed by atoms with Crippen molar-refractivity contribution in [2.24, 2.45) is 0 Å². The number of allylic oxidation sites excluding steroid dienone is 7. The number of carbonyl (C=O) groups excluding carboxylic acids is 2. The SMILES string of the molecule is CC/C=C/C/C=C/C/C=C/CCCCCCC(=O)NC(COP(=O)(O)OCC[N+](C)(C)C)C(/C=C/CCCCCCCCCCCC)OC(=O)CCCCCCCCCCCCCCCC. The average molecular weight is 950 g/mol. The van der Waals surface area contributed by atoms with Gasteiger partial charge in [-0.3, -0.25) is 18.6 Å². The summed E-state index contributed by atoms with van der Waals surface area (Å²) < 4.78 is 30.5. The number of hydrogen-bond donors (Lipinski definition) is 2. The van der Waals surface area contributed by atoms with Gasteiger partial charge in [-0.2, -0.15) is 0 Å². The second-order valence-electron chi connectivity index (χ2n) is 19.7. The molecule has 0 radical (unpaired) electrons. The molecule has 0 rings (SSSR count). The number of likely N-dealkylation sites (N-methyl/N-ethyl adjacent to an activating group) is 1. The van der Waals surface area contributed by atoms with Crippen LogP contribution in [0.2, 0.25) is 0 Å². The van der Waals surface area contributed by atoms with Gasteiger partial charge in [0.2, 0.25) is 5.91 Å². The number of amides is 1. The fraction of sp³-hybridized carbons (Fsp3) is 0.821. The minimum atomic E-state index is -4.44. The van der Waals surface area contributed by atoms with Crippen molar-refractivity contribution in [1.29, 1.82) is 0 Å². The second-order valence-corrected chi connectivity index (χ2v) is 21.2. The Morgan fingerprint density at radius 3 is 1.45 bits per heavy atom. The van der Waals surface area contributed by atoms with Crippen LogP contribution in [-0.4, -0.2) is 74.3 Å². The molecule has 0 aliphatic rings. The summed E-state index contributed by atoms with van der Waals surface area (Å²) in [4.78, 5) is 37.5. The van der Waals surface area contributed by atoms with E-state index in [0.717, 1.165) is 89.9 Å². The van der Waals surface area contributed by atoms with Crippen LogP contribution in [0.15, 0.2) is 48.6 Å². The van der Waals surface area contributed by atoms with Crippen molar-refractivity contribution < 1.29 is 37.3 Å². The molecule has 0 saturated carbocycles. The van der Waals surface area contributed by atoms with E-state index in [-0.39, 0.29) is 31.5 Å². The second kappa shape index (κ2) is 46.7. The molecule has 0 bridgehead atoms. The summed E-state index contributed by atoms with van der Waals surface area (Å²) in [6.07, 6.45) is 55.3. The van der Waals surface area contributed by atoms with Crippen LogP contribution in [-0.2, 0) is 27.9 Å². The van der Waals surface area contributed by atoms with E-state index >= 15 is 0 Å². The number of phosphoric ester groups is 1. The van der Waals surface area contributed by atoms with E-state index in [1.54, 1.807) is 0 Å². The third-order valence-corrected chi connectivity index (χ3v) is 13.0. The van der Waals surface area contributed by atoms with Crippen LogP contribution in [0.3, 0.4) is 0 Å². The summed E-state index contributed by atoms with van der Waals surface area (Å²) in [6, 6.07) is -0.855. The molecule has 3 unspecified atom stereocenters. The maximum absolute atomic E-state index is 13.4. The number of hydrogen-bond acceptors (Lipinski definition) is 6. The van der Waals surface area contributed by atoms with Gasteiger partial charge in [-0.15, -0.1) is 0 Å². The first kappa shape index (κ1) is 64.0. The van der Waals surface area contributed by atoms with Gasteiger partial charge in [0.25, 0.3) is 0 Å². The topological polar surface area (TPSA) is 111 Å². The van der Waals surface area contributed by atoms with E-state index in [4.69, 9.17) is 13.8 Å². The van der Waals surface area contributed by atoms with Crippen LogP contribution >= 0.6 is 7.82 Å². The van der Waals surface area contributed by atoms with Gasteiger partial charge >= 0.3 is 13.8 Å². The molecule has 66 heavy (non-hydrogen) atoms. The molecule has 9 nitrogen and oxygen atoms in total. The molecule has 0 aliphatic carbocycles. The Balaban J connectivity index is 5.42. The molecule has 3 atom stereocenters. The zero-order valence-corrected chi connectivity index (χ0v) is 44.8. The van der Waals surface area contributed by atoms with E-state index < -0.39 is 20.0 Å². The lowest BCUT2D eigenvalue weighted by Crippen LogP contribution is -2.47. The molecule has 0 aromatic rings. The van der Waals surface area contributed by atoms with Gasteiger partial charge in [0.15, 0.2) is 0 Å². The fourth-order valence-corrected chi connectivity index (χ4v) is 8.51. The van der Waals surface area contributed by atoms with Crippen molar-refractivity contribution in [1.82, 2.24) is 5.32 Å². The van der Waals surface area contributed by atoms with Gasteiger partial charge in [-0.05, 0) is 63.9 Å². The van der Waals surface area contributed by atoms with Crippen LogP contribution in [0.25, 0.3) is 0 Å². The van der Waals surface area contributed by atoms with Crippen molar-refractivity contribution in [3.8, 4) is 0 Å². The monoisotopic (exact) mass is 950 g/mol. The number of rotatable bonds is 49. The number of esters is 1. The summed E-state index contributed by atoms with van der Waals surface area (Å²) in [6.45, 7) is 6.88. The highest BCUT2D eigenvalue weighted by molar-refractivity contribution is 7.47. The number of quaternary nitrogens is 1. The van der Waals surface area contributed by atoms with Crippen molar-refractivity contribution in [2.75, 3.05) is 40.9 Å². The highest BCUT2D eigenvalue weighted by atomic mass is 31.2. The minimum absolute atomic E-state index is 0.0362. The molecule has 386 valence electrons. The van der Waals surface area contributed by atoms with Gasteiger partial charge < -0.3 is 19.4 Å². The Hall–Kier alpha value is -2.03. The predicted octanol–water partition coefficient (Wildman–Crippen LogP) is 16.2. The Labute approximate surface area is 408 Å². The van der Waals surface area contributed by atoms with Gasteiger partial charge in [0.05, 0.1) is 33.8 Å². The molecular weight excluding hydrogens is 844 g/mol. The van der Waals surface area contributed by atoms with Gasteiger partial charge in [-0.1, -0.05) is 217 Å². The smallest absolute Gasteiger partial charge is 0.456 e. The molecule has 1 amide bonds. The van der Waals surface area contributed by atoms with Crippen molar-refractivity contribution in [3.05, 3.63) is 48.6 Å². The largest absolute Gasteiger partial charge is 0.472 e. The fourth-order valence-electron chi connectivity index (χ4n) is 7.78. The van der Waals surface area contributed by atoms with E-state index in [2.05, 4.69) is 62.5 Å². The summed E-state index contributed by atoms with van der Waals surface area (Å²) in [5, 5.41) is 3.03. The summed E-state index contributed by atoms with van der Waals surface area (Å²) in [7, 11) is 1.48. The molecule has 0 aromatic carbocycles. The van der Waals surface area contributed by atoms with Crippen LogP contribution in [0.1, 0.15) is 245 Å². The van der Waals surface area contributed by atoms with Gasteiger partial charge in [0, 0.05) is 12.8 Å². The number of phosphoric acid groups is 1. The Kier molecular flexibility index (Phi) is 45.3. The molecule has 2 N–H and O–H groups in total. The molecule has 0 heterocycles. The highest BCUT2D eigenvalue weighted by Gasteiger charge is 2.30. The van der Waals surface area contributed by atoms with Crippen LogP contribution < -0.4 is 5.32 Å². The van der Waals surface area contributed by atoms with Crippen LogP contribution in [0, 0.1) is 0 Å². The quantitative estimate of drug-likeness (QED) is 0.0205. The first-order valence-corrected chi connectivity index (χ1v) is 29.0. The lowest BCUT2D eigenvalue weighted by atomic mass is 10.0. The summed E-state index contributed by atoms with van der Waals surface area (Å²) >= 11 is 0. The number of nitrogens with zero attached hydrogens (tertiary/aromatic N) is 1. The van der Waals surface area contributed by atoms with Gasteiger partial charge in [0.1, 0.15) is 19.3 Å². The maximum atomic E-state index is 13.4. The Morgan fingerprint density at radius 1 is 0.545 bits per heavy atom. The zero-order chi connectivity index (χ0) is 48.7. The minimum Gasteiger partial charge on any atom is -0.456 e. The summed E-state index contributed by atoms with van der Waals surface area (Å²) in [5.74, 6) is -0.527. The molecule has 0 aliphatic heterocycles. The third-order valence-electron chi connectivity index (χ3n) is 12.0. The highest BCUT2D eigenvalue weighted by Crippen LogP contribution is 2.43. The van der Waals surface area contributed by atoms with Crippen molar-refractivity contribution in [3.63, 3.8) is 0 Å². The van der Waals surface area contributed by atoms with Crippen molar-refractivity contribution >= 4 is 19.7 Å². The number of ether oxygens (including phenoxy) is 1. The lowest BCUT2D eigenvalue weighted by molar-refractivity contribution is -0.870. The number of nitrogens with one attached hydrogen (secondary N) is 1. The van der Waals surface area contributed by atoms with E-state index in [1.165, 1.54) is 122 Å².